The lowest BCUT2D eigenvalue weighted by Crippen LogP contribution is -2.52. The molecule has 2 N–H and O–H groups in total. The first-order valence-corrected chi connectivity index (χ1v) is 9.66. The molecule has 1 aliphatic heterocycles. The van der Waals surface area contributed by atoms with E-state index in [1.54, 1.807) is 0 Å². The maximum Gasteiger partial charge on any atom is 0.407 e. The van der Waals surface area contributed by atoms with E-state index < -0.39 is 23.4 Å². The first-order valence-electron chi connectivity index (χ1n) is 9.66. The second-order valence-corrected chi connectivity index (χ2v) is 9.19. The largest absolute Gasteiger partial charge is 0.444 e. The Labute approximate surface area is 167 Å². The smallest absolute Gasteiger partial charge is 0.407 e. The molecule has 1 aliphatic rings. The van der Waals surface area contributed by atoms with Crippen molar-refractivity contribution in [3.8, 4) is 0 Å². The van der Waals surface area contributed by atoms with Crippen molar-refractivity contribution in [3.05, 3.63) is 35.9 Å². The number of nitrogens with one attached hydrogen (secondary N) is 2. The zero-order chi connectivity index (χ0) is 20.9. The van der Waals surface area contributed by atoms with Crippen LogP contribution in [0.4, 0.5) is 9.59 Å². The van der Waals surface area contributed by atoms with Crippen molar-refractivity contribution < 1.29 is 19.1 Å². The standard InChI is InChI=1S/C21H33N3O4/c1-20(2,3)27-18(25)22-16-13-24(12-15-10-8-7-9-11-15)14-17(16)23-19(26)28-21(4,5)6/h7-11,16-17H,12-14H2,1-6H3,(H,22,25)(H,23,26). The van der Waals surface area contributed by atoms with Crippen LogP contribution in [0.5, 0.6) is 0 Å². The molecule has 0 radical (unpaired) electrons. The zero-order valence-corrected chi connectivity index (χ0v) is 17.7. The average Bonchev–Trinajstić information content (AvgIpc) is 2.85. The second kappa shape index (κ2) is 8.82. The summed E-state index contributed by atoms with van der Waals surface area (Å²) >= 11 is 0. The van der Waals surface area contributed by atoms with Gasteiger partial charge in [0.2, 0.25) is 0 Å². The van der Waals surface area contributed by atoms with Crippen LogP contribution in [0.25, 0.3) is 0 Å². The van der Waals surface area contributed by atoms with Gasteiger partial charge < -0.3 is 20.1 Å². The minimum Gasteiger partial charge on any atom is -0.444 e. The highest BCUT2D eigenvalue weighted by Gasteiger charge is 2.36. The molecule has 2 amide bonds. The number of rotatable bonds is 4. The molecule has 2 unspecified atom stereocenters. The number of carbonyl (C=O) groups is 2. The van der Waals surface area contributed by atoms with E-state index in [0.717, 1.165) is 6.54 Å². The van der Waals surface area contributed by atoms with E-state index in [9.17, 15) is 9.59 Å². The van der Waals surface area contributed by atoms with E-state index in [0.29, 0.717) is 13.1 Å². The van der Waals surface area contributed by atoms with Crippen LogP contribution in [0.2, 0.25) is 0 Å². The van der Waals surface area contributed by atoms with Crippen LogP contribution < -0.4 is 10.6 Å². The molecule has 0 saturated carbocycles. The molecule has 0 spiro atoms. The molecule has 0 aliphatic carbocycles. The summed E-state index contributed by atoms with van der Waals surface area (Å²) in [7, 11) is 0. The number of hydrogen-bond acceptors (Lipinski definition) is 5. The third-order valence-electron chi connectivity index (χ3n) is 4.05. The molecule has 1 aromatic carbocycles. The molecule has 1 fully saturated rings. The lowest BCUT2D eigenvalue weighted by atomic mass is 10.1. The van der Waals surface area contributed by atoms with Crippen LogP contribution in [0.15, 0.2) is 30.3 Å². The first-order chi connectivity index (χ1) is 12.9. The summed E-state index contributed by atoms with van der Waals surface area (Å²) in [4.78, 5) is 26.7. The van der Waals surface area contributed by atoms with Crippen LogP contribution in [0.3, 0.4) is 0 Å². The van der Waals surface area contributed by atoms with Crippen molar-refractivity contribution in [2.75, 3.05) is 13.1 Å². The lowest BCUT2D eigenvalue weighted by molar-refractivity contribution is 0.0447. The Morgan fingerprint density at radius 1 is 0.893 bits per heavy atom. The summed E-state index contributed by atoms with van der Waals surface area (Å²) in [5, 5.41) is 5.79. The number of hydrogen-bond donors (Lipinski definition) is 2. The van der Waals surface area contributed by atoms with Gasteiger partial charge in [-0.25, -0.2) is 9.59 Å². The summed E-state index contributed by atoms with van der Waals surface area (Å²) in [5.74, 6) is 0. The number of amides is 2. The Morgan fingerprint density at radius 2 is 1.32 bits per heavy atom. The van der Waals surface area contributed by atoms with E-state index >= 15 is 0 Å². The van der Waals surface area contributed by atoms with Gasteiger partial charge in [0.25, 0.3) is 0 Å². The van der Waals surface area contributed by atoms with Crippen molar-refractivity contribution in [2.24, 2.45) is 0 Å². The number of alkyl carbamates (subject to hydrolysis) is 2. The normalized spacial score (nSPS) is 20.5. The molecule has 7 nitrogen and oxygen atoms in total. The summed E-state index contributed by atoms with van der Waals surface area (Å²) in [5.41, 5.74) is 0.0116. The highest BCUT2D eigenvalue weighted by atomic mass is 16.6. The second-order valence-electron chi connectivity index (χ2n) is 9.19. The van der Waals surface area contributed by atoms with E-state index in [-0.39, 0.29) is 12.1 Å². The van der Waals surface area contributed by atoms with Crippen molar-refractivity contribution in [3.63, 3.8) is 0 Å². The Hall–Kier alpha value is -2.28. The molecular weight excluding hydrogens is 358 g/mol. The van der Waals surface area contributed by atoms with Crippen molar-refractivity contribution in [2.45, 2.75) is 71.4 Å². The van der Waals surface area contributed by atoms with E-state index in [4.69, 9.17) is 9.47 Å². The maximum atomic E-state index is 12.2. The molecule has 0 aromatic heterocycles. The van der Waals surface area contributed by atoms with E-state index in [1.807, 2.05) is 59.7 Å². The topological polar surface area (TPSA) is 79.9 Å². The van der Waals surface area contributed by atoms with Crippen LogP contribution >= 0.6 is 0 Å². The molecule has 7 heteroatoms. The molecule has 1 aromatic rings. The summed E-state index contributed by atoms with van der Waals surface area (Å²) < 4.78 is 10.7. The molecule has 156 valence electrons. The predicted molar refractivity (Wildman–Crippen MR) is 108 cm³/mol. The zero-order valence-electron chi connectivity index (χ0n) is 17.7. The lowest BCUT2D eigenvalue weighted by Gasteiger charge is -2.26. The van der Waals surface area contributed by atoms with Crippen LogP contribution in [0, 0.1) is 0 Å². The number of benzene rings is 1. The fourth-order valence-corrected chi connectivity index (χ4v) is 3.07. The monoisotopic (exact) mass is 391 g/mol. The van der Waals surface area contributed by atoms with Gasteiger partial charge in [-0.2, -0.15) is 0 Å². The SMILES string of the molecule is CC(C)(C)OC(=O)NC1CN(Cc2ccccc2)CC1NC(=O)OC(C)(C)C. The number of nitrogens with zero attached hydrogens (tertiary/aromatic N) is 1. The molecule has 1 heterocycles. The third kappa shape index (κ3) is 7.76. The van der Waals surface area contributed by atoms with Crippen LogP contribution in [0.1, 0.15) is 47.1 Å². The Kier molecular flexibility index (Phi) is 6.93. The Morgan fingerprint density at radius 3 is 1.71 bits per heavy atom. The van der Waals surface area contributed by atoms with Crippen molar-refractivity contribution in [1.82, 2.24) is 15.5 Å². The van der Waals surface area contributed by atoms with Crippen molar-refractivity contribution >= 4 is 12.2 Å². The fraction of sp³-hybridized carbons (Fsp3) is 0.619. The minimum atomic E-state index is -0.583. The quantitative estimate of drug-likeness (QED) is 0.823. The minimum absolute atomic E-state index is 0.272. The third-order valence-corrected chi connectivity index (χ3v) is 4.05. The van der Waals surface area contributed by atoms with Crippen molar-refractivity contribution in [1.29, 1.82) is 0 Å². The summed E-state index contributed by atoms with van der Waals surface area (Å²) in [6, 6.07) is 9.55. The van der Waals surface area contributed by atoms with Gasteiger partial charge in [0.15, 0.2) is 0 Å². The van der Waals surface area contributed by atoms with Gasteiger partial charge in [-0.3, -0.25) is 4.90 Å². The van der Waals surface area contributed by atoms with Gasteiger partial charge in [-0.1, -0.05) is 30.3 Å². The van der Waals surface area contributed by atoms with Crippen LogP contribution in [-0.2, 0) is 16.0 Å². The van der Waals surface area contributed by atoms with Gasteiger partial charge in [0, 0.05) is 19.6 Å². The molecule has 0 bridgehead atoms. The van der Waals surface area contributed by atoms with Gasteiger partial charge >= 0.3 is 12.2 Å². The van der Waals surface area contributed by atoms with Crippen LogP contribution in [-0.4, -0.2) is 53.5 Å². The molecular formula is C21H33N3O4. The number of carbonyl (C=O) groups excluding carboxylic acids is 2. The highest BCUT2D eigenvalue weighted by Crippen LogP contribution is 2.17. The molecule has 2 rings (SSSR count). The van der Waals surface area contributed by atoms with E-state index in [1.165, 1.54) is 5.56 Å². The highest BCUT2D eigenvalue weighted by molar-refractivity contribution is 5.70. The predicted octanol–water partition coefficient (Wildman–Crippen LogP) is 3.29. The molecule has 1 saturated heterocycles. The fourth-order valence-electron chi connectivity index (χ4n) is 3.07. The molecule has 2 atom stereocenters. The molecule has 28 heavy (non-hydrogen) atoms. The summed E-state index contributed by atoms with van der Waals surface area (Å²) in [6.07, 6.45) is -0.981. The van der Waals surface area contributed by atoms with Gasteiger partial charge in [-0.05, 0) is 47.1 Å². The maximum absolute atomic E-state index is 12.2. The summed E-state index contributed by atoms with van der Waals surface area (Å²) in [6.45, 7) is 12.9. The Bertz CT molecular complexity index is 626. The van der Waals surface area contributed by atoms with Gasteiger partial charge in [0.05, 0.1) is 12.1 Å². The van der Waals surface area contributed by atoms with Gasteiger partial charge in [0.1, 0.15) is 11.2 Å². The van der Waals surface area contributed by atoms with Gasteiger partial charge in [-0.15, -0.1) is 0 Å². The average molecular weight is 392 g/mol. The Balaban J connectivity index is 2.03. The number of ether oxygens (including phenoxy) is 2. The number of likely N-dealkylation sites (tertiary alicyclic amines) is 1. The first kappa shape index (κ1) is 22.0. The van der Waals surface area contributed by atoms with E-state index in [2.05, 4.69) is 27.7 Å².